The number of halogens is 3. The number of fused-ring (bicyclic) bond motifs is 1. The first-order chi connectivity index (χ1) is 15.6. The van der Waals surface area contributed by atoms with Crippen molar-refractivity contribution in [1.29, 1.82) is 0 Å². The minimum absolute atomic E-state index is 0.0728. The Labute approximate surface area is 188 Å². The number of benzene rings is 2. The third-order valence-corrected chi connectivity index (χ3v) is 5.79. The van der Waals surface area contributed by atoms with E-state index in [0.29, 0.717) is 41.3 Å². The van der Waals surface area contributed by atoms with Gasteiger partial charge in [0, 0.05) is 25.1 Å². The zero-order chi connectivity index (χ0) is 23.8. The van der Waals surface area contributed by atoms with Crippen molar-refractivity contribution in [3.63, 3.8) is 0 Å². The van der Waals surface area contributed by atoms with Crippen LogP contribution in [-0.4, -0.2) is 27.4 Å². The van der Waals surface area contributed by atoms with E-state index in [4.69, 9.17) is 0 Å². The first-order valence-corrected chi connectivity index (χ1v) is 10.5. The molecule has 2 amide bonds. The Morgan fingerprint density at radius 2 is 1.94 bits per heavy atom. The average molecular weight is 456 g/mol. The molecule has 1 aromatic heterocycles. The minimum atomic E-state index is -4.44. The molecule has 0 bridgehead atoms. The van der Waals surface area contributed by atoms with Crippen molar-refractivity contribution in [3.05, 3.63) is 92.2 Å². The molecular formula is C24H23F3N4O2. The van der Waals surface area contributed by atoms with Gasteiger partial charge in [0.2, 0.25) is 0 Å². The van der Waals surface area contributed by atoms with E-state index in [9.17, 15) is 22.8 Å². The number of rotatable bonds is 3. The Kier molecular flexibility index (Phi) is 5.97. The van der Waals surface area contributed by atoms with E-state index in [1.807, 2.05) is 32.0 Å². The van der Waals surface area contributed by atoms with E-state index in [0.717, 1.165) is 23.3 Å². The number of nitrogens with one attached hydrogen (secondary N) is 2. The predicted molar refractivity (Wildman–Crippen MR) is 118 cm³/mol. The number of alkyl halides is 3. The monoisotopic (exact) mass is 456 g/mol. The van der Waals surface area contributed by atoms with Crippen molar-refractivity contribution >= 4 is 11.7 Å². The van der Waals surface area contributed by atoms with Crippen molar-refractivity contribution in [2.24, 2.45) is 0 Å². The molecule has 4 rings (SSSR count). The molecule has 2 aromatic carbocycles. The lowest BCUT2D eigenvalue weighted by atomic mass is 10.1. The van der Waals surface area contributed by atoms with Gasteiger partial charge in [0.25, 0.3) is 5.56 Å². The highest BCUT2D eigenvalue weighted by molar-refractivity contribution is 5.89. The molecule has 1 aliphatic heterocycles. The Balaban J connectivity index is 1.49. The Morgan fingerprint density at radius 3 is 2.67 bits per heavy atom. The summed E-state index contributed by atoms with van der Waals surface area (Å²) in [5, 5.41) is 2.85. The number of aromatic amines is 1. The van der Waals surface area contributed by atoms with Crippen LogP contribution in [0.2, 0.25) is 0 Å². The van der Waals surface area contributed by atoms with Crippen LogP contribution >= 0.6 is 0 Å². The molecule has 0 aliphatic carbocycles. The summed E-state index contributed by atoms with van der Waals surface area (Å²) in [5.41, 5.74) is 3.09. The van der Waals surface area contributed by atoms with Crippen LogP contribution in [0.25, 0.3) is 0 Å². The van der Waals surface area contributed by atoms with Crippen LogP contribution in [0.5, 0.6) is 0 Å². The number of aryl methyl sites for hydroxylation is 2. The minimum Gasteiger partial charge on any atom is -0.320 e. The summed E-state index contributed by atoms with van der Waals surface area (Å²) in [5.74, 6) is 0.297. The number of anilines is 1. The van der Waals surface area contributed by atoms with Crippen molar-refractivity contribution in [2.45, 2.75) is 39.4 Å². The molecule has 9 heteroatoms. The molecule has 0 radical (unpaired) electrons. The first kappa shape index (κ1) is 22.6. The van der Waals surface area contributed by atoms with Gasteiger partial charge in [-0.05, 0) is 48.7 Å². The average Bonchev–Trinajstić information content (AvgIpc) is 2.76. The Bertz CT molecular complexity index is 1270. The number of urea groups is 1. The number of aromatic nitrogens is 2. The Morgan fingerprint density at radius 1 is 1.15 bits per heavy atom. The molecule has 0 fully saturated rings. The van der Waals surface area contributed by atoms with Gasteiger partial charge in [-0.3, -0.25) is 4.79 Å². The first-order valence-electron chi connectivity index (χ1n) is 10.5. The highest BCUT2D eigenvalue weighted by Gasteiger charge is 2.30. The lowest BCUT2D eigenvalue weighted by Crippen LogP contribution is -2.42. The SMILES string of the molecule is Cc1ccc(NC(=O)N2CCc3nc(Cc4cccc(C(F)(F)F)c4)[nH]c(=O)c3C2)cc1C. The largest absolute Gasteiger partial charge is 0.416 e. The summed E-state index contributed by atoms with van der Waals surface area (Å²) in [4.78, 5) is 34.0. The lowest BCUT2D eigenvalue weighted by Gasteiger charge is -2.28. The maximum absolute atomic E-state index is 13.0. The van der Waals surface area contributed by atoms with Crippen molar-refractivity contribution in [2.75, 3.05) is 11.9 Å². The molecule has 0 saturated carbocycles. The van der Waals surface area contributed by atoms with E-state index < -0.39 is 11.7 Å². The van der Waals surface area contributed by atoms with Gasteiger partial charge in [-0.2, -0.15) is 13.2 Å². The van der Waals surface area contributed by atoms with Crippen molar-refractivity contribution in [1.82, 2.24) is 14.9 Å². The number of carbonyl (C=O) groups excluding carboxylic acids is 1. The van der Waals surface area contributed by atoms with Crippen LogP contribution in [0.1, 0.15) is 39.3 Å². The van der Waals surface area contributed by atoms with Crippen LogP contribution in [0, 0.1) is 13.8 Å². The number of nitrogens with zero attached hydrogens (tertiary/aromatic N) is 2. The highest BCUT2D eigenvalue weighted by atomic mass is 19.4. The molecule has 2 N–H and O–H groups in total. The van der Waals surface area contributed by atoms with Gasteiger partial charge in [-0.25, -0.2) is 9.78 Å². The van der Waals surface area contributed by atoms with Gasteiger partial charge >= 0.3 is 12.2 Å². The third-order valence-electron chi connectivity index (χ3n) is 5.79. The standard InChI is InChI=1S/C24H23F3N4O2/c1-14-6-7-18(10-15(14)2)28-23(33)31-9-8-20-19(13-31)22(32)30-21(29-20)12-16-4-3-5-17(11-16)24(25,26)27/h3-7,10-11H,8-9,12-13H2,1-2H3,(H,28,33)(H,29,30,32). The second-order valence-corrected chi connectivity index (χ2v) is 8.21. The second-order valence-electron chi connectivity index (χ2n) is 8.21. The van der Waals surface area contributed by atoms with Crippen molar-refractivity contribution < 1.29 is 18.0 Å². The molecule has 172 valence electrons. The second kappa shape index (κ2) is 8.73. The van der Waals surface area contributed by atoms with Gasteiger partial charge in [-0.1, -0.05) is 24.3 Å². The summed E-state index contributed by atoms with van der Waals surface area (Å²) in [6.07, 6.45) is -3.98. The van der Waals surface area contributed by atoms with Crippen LogP contribution in [-0.2, 0) is 25.6 Å². The zero-order valence-electron chi connectivity index (χ0n) is 18.2. The van der Waals surface area contributed by atoms with E-state index in [2.05, 4.69) is 15.3 Å². The molecule has 3 aromatic rings. The number of H-pyrrole nitrogens is 1. The number of hydrogen-bond acceptors (Lipinski definition) is 3. The van der Waals surface area contributed by atoms with Crippen LogP contribution in [0.3, 0.4) is 0 Å². The number of hydrogen-bond donors (Lipinski definition) is 2. The molecule has 0 spiro atoms. The predicted octanol–water partition coefficient (Wildman–Crippen LogP) is 4.59. The summed E-state index contributed by atoms with van der Waals surface area (Å²) < 4.78 is 38.9. The zero-order valence-corrected chi connectivity index (χ0v) is 18.2. The fourth-order valence-corrected chi connectivity index (χ4v) is 3.81. The van der Waals surface area contributed by atoms with E-state index in [1.165, 1.54) is 6.07 Å². The summed E-state index contributed by atoms with van der Waals surface area (Å²) in [6, 6.07) is 10.3. The van der Waals surface area contributed by atoms with Crippen molar-refractivity contribution in [3.8, 4) is 0 Å². The molecular weight excluding hydrogens is 433 g/mol. The molecule has 0 unspecified atom stereocenters. The van der Waals surface area contributed by atoms with Gasteiger partial charge in [0.1, 0.15) is 5.82 Å². The van der Waals surface area contributed by atoms with Crippen LogP contribution < -0.4 is 10.9 Å². The molecule has 2 heterocycles. The van der Waals surface area contributed by atoms with Gasteiger partial charge in [0.05, 0.1) is 23.4 Å². The molecule has 1 aliphatic rings. The lowest BCUT2D eigenvalue weighted by molar-refractivity contribution is -0.137. The van der Waals surface area contributed by atoms with Gasteiger partial charge in [-0.15, -0.1) is 0 Å². The normalized spacial score (nSPS) is 13.5. The number of carbonyl (C=O) groups is 1. The number of amides is 2. The van der Waals surface area contributed by atoms with E-state index >= 15 is 0 Å². The van der Waals surface area contributed by atoms with E-state index in [1.54, 1.807) is 11.0 Å². The highest BCUT2D eigenvalue weighted by Crippen LogP contribution is 2.30. The summed E-state index contributed by atoms with van der Waals surface area (Å²) in [7, 11) is 0. The van der Waals surface area contributed by atoms with Crippen LogP contribution in [0.4, 0.5) is 23.7 Å². The fourth-order valence-electron chi connectivity index (χ4n) is 3.81. The van der Waals surface area contributed by atoms with Gasteiger partial charge in [0.15, 0.2) is 0 Å². The molecule has 0 atom stereocenters. The summed E-state index contributed by atoms with van der Waals surface area (Å²) >= 11 is 0. The quantitative estimate of drug-likeness (QED) is 0.605. The summed E-state index contributed by atoms with van der Waals surface area (Å²) in [6.45, 7) is 4.44. The third kappa shape index (κ3) is 5.08. The molecule has 0 saturated heterocycles. The smallest absolute Gasteiger partial charge is 0.320 e. The maximum atomic E-state index is 13.0. The maximum Gasteiger partial charge on any atom is 0.416 e. The van der Waals surface area contributed by atoms with E-state index in [-0.39, 0.29) is 24.6 Å². The molecule has 33 heavy (non-hydrogen) atoms. The van der Waals surface area contributed by atoms with Crippen LogP contribution in [0.15, 0.2) is 47.3 Å². The molecule has 6 nitrogen and oxygen atoms in total. The Hall–Kier alpha value is -3.62. The fraction of sp³-hybridized carbons (Fsp3) is 0.292. The van der Waals surface area contributed by atoms with Gasteiger partial charge < -0.3 is 15.2 Å². The topological polar surface area (TPSA) is 78.1 Å².